The largest absolute Gasteiger partial charge is 0.454 e. The Morgan fingerprint density at radius 2 is 1.97 bits per heavy atom. The first-order chi connectivity index (χ1) is 16.1. The van der Waals surface area contributed by atoms with Crippen molar-refractivity contribution >= 4 is 44.4 Å². The molecule has 0 N–H and O–H groups in total. The van der Waals surface area contributed by atoms with E-state index >= 15 is 0 Å². The number of non-ortho nitro benzene ring substituents is 1. The molecule has 10 heteroatoms. The number of benzene rings is 2. The first-order valence-electron chi connectivity index (χ1n) is 9.90. The number of anilines is 1. The van der Waals surface area contributed by atoms with Gasteiger partial charge in [-0.15, -0.1) is 0 Å². The summed E-state index contributed by atoms with van der Waals surface area (Å²) in [5.74, 6) is 1.000. The number of hydrogen-bond donors (Lipinski definition) is 0. The van der Waals surface area contributed by atoms with Crippen LogP contribution in [0.2, 0.25) is 0 Å². The second-order valence-electron chi connectivity index (χ2n) is 7.14. The van der Waals surface area contributed by atoms with Crippen molar-refractivity contribution < 1.29 is 19.2 Å². The van der Waals surface area contributed by atoms with Crippen molar-refractivity contribution in [2.75, 3.05) is 11.7 Å². The zero-order valence-electron chi connectivity index (χ0n) is 17.1. The number of amides is 1. The van der Waals surface area contributed by atoms with Crippen LogP contribution in [0.15, 0.2) is 67.0 Å². The number of pyridine rings is 1. The highest BCUT2D eigenvalue weighted by atomic mass is 32.1. The van der Waals surface area contributed by atoms with Crippen LogP contribution in [-0.2, 0) is 11.3 Å². The van der Waals surface area contributed by atoms with Gasteiger partial charge < -0.3 is 9.47 Å². The fraction of sp³-hybridized carbons (Fsp3) is 0.0870. The summed E-state index contributed by atoms with van der Waals surface area (Å²) >= 11 is 1.37. The molecule has 0 atom stereocenters. The normalized spacial score (nSPS) is 12.4. The van der Waals surface area contributed by atoms with Crippen LogP contribution in [0.5, 0.6) is 11.5 Å². The maximum Gasteiger partial charge on any atom is 0.269 e. The average molecular weight is 460 g/mol. The first-order valence-corrected chi connectivity index (χ1v) is 10.7. The summed E-state index contributed by atoms with van der Waals surface area (Å²) in [7, 11) is 0. The summed E-state index contributed by atoms with van der Waals surface area (Å²) in [6, 6.07) is 13.3. The second kappa shape index (κ2) is 8.67. The lowest BCUT2D eigenvalue weighted by Crippen LogP contribution is -2.28. The van der Waals surface area contributed by atoms with Gasteiger partial charge in [0.1, 0.15) is 0 Å². The summed E-state index contributed by atoms with van der Waals surface area (Å²) in [5, 5.41) is 11.4. The number of hydrogen-bond acceptors (Lipinski definition) is 8. The molecule has 0 aliphatic carbocycles. The van der Waals surface area contributed by atoms with E-state index in [1.54, 1.807) is 41.6 Å². The monoisotopic (exact) mass is 460 g/mol. The molecule has 164 valence electrons. The Kier molecular flexibility index (Phi) is 5.41. The van der Waals surface area contributed by atoms with Crippen LogP contribution in [-0.4, -0.2) is 27.6 Å². The highest BCUT2D eigenvalue weighted by Crippen LogP contribution is 2.40. The fourth-order valence-corrected chi connectivity index (χ4v) is 4.28. The number of nitrogens with zero attached hydrogens (tertiary/aromatic N) is 4. The van der Waals surface area contributed by atoms with Crippen molar-refractivity contribution in [1.29, 1.82) is 0 Å². The van der Waals surface area contributed by atoms with Gasteiger partial charge in [0, 0.05) is 42.7 Å². The third-order valence-electron chi connectivity index (χ3n) is 4.95. The maximum absolute atomic E-state index is 13.2. The topological polar surface area (TPSA) is 108 Å². The summed E-state index contributed by atoms with van der Waals surface area (Å²) in [4.78, 5) is 33.9. The Hall–Kier alpha value is -4.31. The fourth-order valence-electron chi connectivity index (χ4n) is 3.30. The number of fused-ring (bicyclic) bond motifs is 2. The number of ether oxygens (including phenoxy) is 2. The van der Waals surface area contributed by atoms with Crippen molar-refractivity contribution in [3.05, 3.63) is 88.2 Å². The molecule has 0 fully saturated rings. The zero-order valence-corrected chi connectivity index (χ0v) is 17.9. The Morgan fingerprint density at radius 3 is 2.70 bits per heavy atom. The standard InChI is InChI=1S/C23H16N4O5S/c28-22(8-5-15-3-6-17(7-4-15)27(29)30)26(13-16-2-1-9-24-12-16)23-25-18-10-19-20(32-14-31-19)11-21(18)33-23/h1-12H,13-14H2/b8-5-. The van der Waals surface area contributed by atoms with E-state index in [4.69, 9.17) is 9.47 Å². The average Bonchev–Trinajstić information content (AvgIpc) is 3.46. The van der Waals surface area contributed by atoms with Crippen molar-refractivity contribution in [2.45, 2.75) is 6.54 Å². The van der Waals surface area contributed by atoms with Crippen LogP contribution < -0.4 is 14.4 Å². The molecule has 2 aromatic carbocycles. The van der Waals surface area contributed by atoms with E-state index in [0.29, 0.717) is 27.7 Å². The maximum atomic E-state index is 13.2. The Morgan fingerprint density at radius 1 is 1.18 bits per heavy atom. The minimum atomic E-state index is -0.465. The Labute approximate surface area is 191 Å². The molecule has 9 nitrogen and oxygen atoms in total. The molecule has 0 spiro atoms. The molecule has 0 bridgehead atoms. The molecule has 3 heterocycles. The predicted octanol–water partition coefficient (Wildman–Crippen LogP) is 4.57. The van der Waals surface area contributed by atoms with E-state index in [2.05, 4.69) is 9.97 Å². The van der Waals surface area contributed by atoms with E-state index in [1.807, 2.05) is 18.2 Å². The highest BCUT2D eigenvalue weighted by Gasteiger charge is 2.21. The van der Waals surface area contributed by atoms with Gasteiger partial charge >= 0.3 is 0 Å². The number of nitro groups is 1. The molecule has 1 aliphatic rings. The minimum absolute atomic E-state index is 0.00832. The van der Waals surface area contributed by atoms with Gasteiger partial charge in [-0.1, -0.05) is 17.4 Å². The quantitative estimate of drug-likeness (QED) is 0.235. The number of thiazole rings is 1. The molecule has 0 radical (unpaired) electrons. The number of rotatable bonds is 6. The van der Waals surface area contributed by atoms with Gasteiger partial charge in [-0.05, 0) is 35.4 Å². The SMILES string of the molecule is O=C(/C=C\c1ccc([N+](=O)[O-])cc1)N(Cc1cccnc1)c1nc2cc3c(cc2s1)OCO3. The Balaban J connectivity index is 1.45. The first kappa shape index (κ1) is 20.6. The van der Waals surface area contributed by atoms with Gasteiger partial charge in [0.05, 0.1) is 21.7 Å². The number of carbonyl (C=O) groups excluding carboxylic acids is 1. The molecule has 2 aromatic heterocycles. The lowest BCUT2D eigenvalue weighted by atomic mass is 10.2. The number of aromatic nitrogens is 2. The van der Waals surface area contributed by atoms with Gasteiger partial charge in [-0.2, -0.15) is 0 Å². The van der Waals surface area contributed by atoms with Gasteiger partial charge in [0.15, 0.2) is 16.6 Å². The lowest BCUT2D eigenvalue weighted by Gasteiger charge is -2.18. The lowest BCUT2D eigenvalue weighted by molar-refractivity contribution is -0.384. The second-order valence-corrected chi connectivity index (χ2v) is 8.15. The van der Waals surface area contributed by atoms with Crippen LogP contribution in [0.4, 0.5) is 10.8 Å². The molecule has 0 unspecified atom stereocenters. The highest BCUT2D eigenvalue weighted by molar-refractivity contribution is 7.22. The smallest absolute Gasteiger partial charge is 0.269 e. The van der Waals surface area contributed by atoms with E-state index in [-0.39, 0.29) is 24.9 Å². The molecular formula is C23H16N4O5S. The van der Waals surface area contributed by atoms with E-state index < -0.39 is 4.92 Å². The van der Waals surface area contributed by atoms with Crippen molar-refractivity contribution in [3.8, 4) is 11.5 Å². The van der Waals surface area contributed by atoms with Crippen LogP contribution in [0, 0.1) is 10.1 Å². The van der Waals surface area contributed by atoms with E-state index in [0.717, 1.165) is 10.3 Å². The minimum Gasteiger partial charge on any atom is -0.454 e. The molecule has 4 aromatic rings. The predicted molar refractivity (Wildman–Crippen MR) is 123 cm³/mol. The van der Waals surface area contributed by atoms with Gasteiger partial charge in [-0.25, -0.2) is 4.98 Å². The molecule has 0 saturated carbocycles. The van der Waals surface area contributed by atoms with Gasteiger partial charge in [0.25, 0.3) is 11.6 Å². The Bertz CT molecular complexity index is 1330. The molecule has 5 rings (SSSR count). The molecular weight excluding hydrogens is 444 g/mol. The third-order valence-corrected chi connectivity index (χ3v) is 6.00. The molecule has 1 aliphatic heterocycles. The van der Waals surface area contributed by atoms with Crippen molar-refractivity contribution in [3.63, 3.8) is 0 Å². The van der Waals surface area contributed by atoms with Crippen LogP contribution in [0.25, 0.3) is 16.3 Å². The zero-order chi connectivity index (χ0) is 22.8. The van der Waals surface area contributed by atoms with Gasteiger partial charge in [-0.3, -0.25) is 24.8 Å². The molecule has 0 saturated heterocycles. The molecule has 1 amide bonds. The summed E-state index contributed by atoms with van der Waals surface area (Å²) in [6.07, 6.45) is 6.41. The van der Waals surface area contributed by atoms with E-state index in [1.165, 1.54) is 29.5 Å². The number of carbonyl (C=O) groups is 1. The summed E-state index contributed by atoms with van der Waals surface area (Å²) in [5.41, 5.74) is 2.22. The van der Waals surface area contributed by atoms with Crippen molar-refractivity contribution in [2.24, 2.45) is 0 Å². The van der Waals surface area contributed by atoms with Crippen molar-refractivity contribution in [1.82, 2.24) is 9.97 Å². The molecule has 33 heavy (non-hydrogen) atoms. The van der Waals surface area contributed by atoms with Crippen LogP contribution >= 0.6 is 11.3 Å². The summed E-state index contributed by atoms with van der Waals surface area (Å²) in [6.45, 7) is 0.461. The van der Waals surface area contributed by atoms with Gasteiger partial charge in [0.2, 0.25) is 6.79 Å². The van der Waals surface area contributed by atoms with E-state index in [9.17, 15) is 14.9 Å². The van der Waals surface area contributed by atoms with Crippen LogP contribution in [0.1, 0.15) is 11.1 Å². The number of nitro benzene ring substituents is 1. The third kappa shape index (κ3) is 4.37. The van der Waals surface area contributed by atoms with Crippen LogP contribution in [0.3, 0.4) is 0 Å². The summed E-state index contributed by atoms with van der Waals surface area (Å²) < 4.78 is 11.7.